The van der Waals surface area contributed by atoms with Crippen LogP contribution in [0.1, 0.15) is 6.42 Å². The number of carbonyl (C=O) groups is 2. The van der Waals surface area contributed by atoms with Crippen LogP contribution in [-0.4, -0.2) is 64.3 Å². The van der Waals surface area contributed by atoms with Crippen molar-refractivity contribution in [1.29, 1.82) is 0 Å². The molecule has 1 heterocycles. The van der Waals surface area contributed by atoms with Crippen LogP contribution >= 0.6 is 0 Å². The molecule has 1 aliphatic rings. The second-order valence-electron chi connectivity index (χ2n) is 2.57. The van der Waals surface area contributed by atoms with Crippen molar-refractivity contribution >= 4 is 41.5 Å². The Hall–Kier alpha value is -0.100. The van der Waals surface area contributed by atoms with Gasteiger partial charge >= 0.3 is 41.5 Å². The summed E-state index contributed by atoms with van der Waals surface area (Å²) in [5.41, 5.74) is 0. The number of nitrogens with one attached hydrogen (secondary N) is 1. The van der Waals surface area contributed by atoms with Gasteiger partial charge in [0.25, 0.3) is 0 Å². The van der Waals surface area contributed by atoms with Gasteiger partial charge in [-0.05, 0) is 6.42 Å². The Kier molecular flexibility index (Phi) is 4.77. The Balaban J connectivity index is 0.00000121. The average molecular weight is 183 g/mol. The first-order valence-electron chi connectivity index (χ1n) is 3.30. The Morgan fingerprint density at radius 2 is 1.83 bits per heavy atom. The van der Waals surface area contributed by atoms with Crippen LogP contribution < -0.4 is 5.32 Å². The topological polar surface area (TPSA) is 86.6 Å². The van der Waals surface area contributed by atoms with E-state index in [2.05, 4.69) is 5.32 Å². The third-order valence-corrected chi connectivity index (χ3v) is 1.78. The van der Waals surface area contributed by atoms with Crippen LogP contribution in [-0.2, 0) is 9.59 Å². The van der Waals surface area contributed by atoms with Crippen molar-refractivity contribution < 1.29 is 19.8 Å². The minimum atomic E-state index is -0.978. The van der Waals surface area contributed by atoms with E-state index >= 15 is 0 Å². The summed E-state index contributed by atoms with van der Waals surface area (Å²) < 4.78 is 0. The van der Waals surface area contributed by atoms with Crippen molar-refractivity contribution in [2.45, 2.75) is 12.5 Å². The Morgan fingerprint density at radius 3 is 2.08 bits per heavy atom. The van der Waals surface area contributed by atoms with Crippen LogP contribution in [0, 0.1) is 5.92 Å². The molecule has 2 unspecified atom stereocenters. The first-order chi connectivity index (χ1) is 5.11. The maximum atomic E-state index is 10.3. The predicted molar refractivity (Wildman–Crippen MR) is 42.3 cm³/mol. The maximum absolute atomic E-state index is 10.3. The molecule has 1 aliphatic heterocycles. The van der Waals surface area contributed by atoms with Gasteiger partial charge in [0.15, 0.2) is 0 Å². The summed E-state index contributed by atoms with van der Waals surface area (Å²) >= 11 is 0. The van der Waals surface area contributed by atoms with E-state index in [1.165, 1.54) is 0 Å². The molecule has 6 heteroatoms. The van der Waals surface area contributed by atoms with Crippen molar-refractivity contribution in [2.24, 2.45) is 5.92 Å². The number of hydrogen-bond acceptors (Lipinski definition) is 3. The summed E-state index contributed by atoms with van der Waals surface area (Å²) in [6.45, 7) is 0.256. The van der Waals surface area contributed by atoms with Gasteiger partial charge in [0.1, 0.15) is 6.04 Å². The van der Waals surface area contributed by atoms with Crippen LogP contribution in [0.25, 0.3) is 0 Å². The van der Waals surface area contributed by atoms with E-state index < -0.39 is 23.9 Å². The minimum absolute atomic E-state index is 0. The molecular weight excluding hydrogens is 173 g/mol. The van der Waals surface area contributed by atoms with Crippen LogP contribution in [0.2, 0.25) is 0 Å². The van der Waals surface area contributed by atoms with Crippen LogP contribution in [0.5, 0.6) is 0 Å². The summed E-state index contributed by atoms with van der Waals surface area (Å²) in [7, 11) is 0. The molecule has 0 bridgehead atoms. The standard InChI is InChI=1S/C6H9NO4.Na.H/c8-5(9)3-1-4(6(10)11)7-2-3;;/h3-4,7H,1-2H2,(H,8,9)(H,10,11);;. The van der Waals surface area contributed by atoms with Crippen molar-refractivity contribution in [3.05, 3.63) is 0 Å². The van der Waals surface area contributed by atoms with E-state index in [4.69, 9.17) is 10.2 Å². The molecule has 1 rings (SSSR count). The van der Waals surface area contributed by atoms with Gasteiger partial charge in [-0.3, -0.25) is 9.59 Å². The number of aliphatic carboxylic acids is 2. The van der Waals surface area contributed by atoms with E-state index in [0.717, 1.165) is 0 Å². The molecule has 64 valence electrons. The second kappa shape index (κ2) is 4.81. The Morgan fingerprint density at radius 1 is 1.25 bits per heavy atom. The number of carboxylic acid groups (broad SMARTS) is 2. The number of carboxylic acids is 2. The molecule has 2 atom stereocenters. The van der Waals surface area contributed by atoms with Crippen LogP contribution in [0.4, 0.5) is 0 Å². The molecule has 0 aromatic heterocycles. The molecule has 12 heavy (non-hydrogen) atoms. The van der Waals surface area contributed by atoms with E-state index in [1.54, 1.807) is 0 Å². The first kappa shape index (κ1) is 11.9. The van der Waals surface area contributed by atoms with E-state index in [9.17, 15) is 9.59 Å². The van der Waals surface area contributed by atoms with E-state index in [1.807, 2.05) is 0 Å². The van der Waals surface area contributed by atoms with Gasteiger partial charge in [-0.1, -0.05) is 0 Å². The van der Waals surface area contributed by atoms with E-state index in [-0.39, 0.29) is 42.5 Å². The van der Waals surface area contributed by atoms with Gasteiger partial charge in [-0.2, -0.15) is 0 Å². The molecule has 1 saturated heterocycles. The van der Waals surface area contributed by atoms with Crippen molar-refractivity contribution in [3.8, 4) is 0 Å². The molecule has 1 fully saturated rings. The van der Waals surface area contributed by atoms with Gasteiger partial charge in [-0.25, -0.2) is 0 Å². The normalized spacial score (nSPS) is 27.7. The molecule has 0 aliphatic carbocycles. The quantitative estimate of drug-likeness (QED) is 0.453. The molecule has 0 aromatic carbocycles. The number of rotatable bonds is 2. The Bertz CT molecular complexity index is 176. The molecule has 3 N–H and O–H groups in total. The van der Waals surface area contributed by atoms with E-state index in [0.29, 0.717) is 0 Å². The molecule has 0 amide bonds. The summed E-state index contributed by atoms with van der Waals surface area (Å²) in [6, 6.07) is -0.684. The van der Waals surface area contributed by atoms with Gasteiger partial charge in [0, 0.05) is 6.54 Å². The van der Waals surface area contributed by atoms with Gasteiger partial charge in [0.05, 0.1) is 5.92 Å². The molecule has 0 radical (unpaired) electrons. The molecule has 5 nitrogen and oxygen atoms in total. The van der Waals surface area contributed by atoms with Gasteiger partial charge in [-0.15, -0.1) is 0 Å². The summed E-state index contributed by atoms with van der Waals surface area (Å²) in [5.74, 6) is -2.45. The van der Waals surface area contributed by atoms with Crippen molar-refractivity contribution in [1.82, 2.24) is 5.32 Å². The summed E-state index contributed by atoms with van der Waals surface area (Å²) in [6.07, 6.45) is 0.185. The first-order valence-corrected chi connectivity index (χ1v) is 3.30. The SMILES string of the molecule is O=C(O)C1CNC(C(=O)O)C1.[NaH]. The van der Waals surface area contributed by atoms with Crippen molar-refractivity contribution in [2.75, 3.05) is 6.54 Å². The van der Waals surface area contributed by atoms with Gasteiger partial charge in [0.2, 0.25) is 0 Å². The average Bonchev–Trinajstić information content (AvgIpc) is 2.33. The second-order valence-corrected chi connectivity index (χ2v) is 2.57. The molecule has 0 spiro atoms. The van der Waals surface area contributed by atoms with Crippen LogP contribution in [0.15, 0.2) is 0 Å². The fourth-order valence-electron chi connectivity index (χ4n) is 1.11. The van der Waals surface area contributed by atoms with Crippen LogP contribution in [0.3, 0.4) is 0 Å². The zero-order chi connectivity index (χ0) is 8.43. The fraction of sp³-hybridized carbons (Fsp3) is 0.667. The molecular formula is C6H10NNaO4. The van der Waals surface area contributed by atoms with Gasteiger partial charge < -0.3 is 15.5 Å². The molecule has 0 saturated carbocycles. The Labute approximate surface area is 91.4 Å². The third kappa shape index (κ3) is 2.75. The zero-order valence-corrected chi connectivity index (χ0v) is 5.78. The fourth-order valence-corrected chi connectivity index (χ4v) is 1.11. The monoisotopic (exact) mass is 183 g/mol. The summed E-state index contributed by atoms with van der Waals surface area (Å²) in [5, 5.41) is 19.5. The zero-order valence-electron chi connectivity index (χ0n) is 5.78. The third-order valence-electron chi connectivity index (χ3n) is 1.78. The number of hydrogen-bond donors (Lipinski definition) is 3. The predicted octanol–water partition coefficient (Wildman–Crippen LogP) is -1.51. The molecule has 0 aromatic rings. The summed E-state index contributed by atoms with van der Waals surface area (Å²) in [4.78, 5) is 20.7. The van der Waals surface area contributed by atoms with Crippen molar-refractivity contribution in [3.63, 3.8) is 0 Å².